The second kappa shape index (κ2) is 9.45. The van der Waals surface area contributed by atoms with E-state index in [9.17, 15) is 4.79 Å². The molecule has 0 heterocycles. The van der Waals surface area contributed by atoms with Crippen molar-refractivity contribution >= 4 is 29.3 Å². The van der Waals surface area contributed by atoms with E-state index in [-0.39, 0.29) is 6.61 Å². The largest absolute Gasteiger partial charge is 0.436 e. The fraction of sp³-hybridized carbons (Fsp3) is 0.300. The Balaban J connectivity index is 4.20. The number of carbonyl (C=O) groups excluding carboxylic acids is 1. The number of hydrogen-bond acceptors (Lipinski definition) is 2. The molecule has 0 saturated carbocycles. The summed E-state index contributed by atoms with van der Waals surface area (Å²) in [5.41, 5.74) is 2.65. The summed E-state index contributed by atoms with van der Waals surface area (Å²) >= 11 is 10.7. The standard InChI is InChI=1S/C10H11Cl2NO2/c1-2-9-15-10(14)13(7-3-5-11)8-4-6-12/h1,3-6H,7-9H2. The van der Waals surface area contributed by atoms with Gasteiger partial charge >= 0.3 is 6.09 Å². The average Bonchev–Trinajstić information content (AvgIpc) is 2.26. The highest BCUT2D eigenvalue weighted by atomic mass is 35.5. The van der Waals surface area contributed by atoms with E-state index in [1.54, 1.807) is 12.2 Å². The van der Waals surface area contributed by atoms with Crippen LogP contribution in [0, 0.1) is 12.3 Å². The molecule has 0 bridgehead atoms. The minimum absolute atomic E-state index is 0.0511. The Morgan fingerprint density at radius 1 is 1.33 bits per heavy atom. The van der Waals surface area contributed by atoms with Crippen molar-refractivity contribution in [3.8, 4) is 12.3 Å². The number of hydrogen-bond donors (Lipinski definition) is 0. The van der Waals surface area contributed by atoms with Gasteiger partial charge in [-0.2, -0.15) is 0 Å². The highest BCUT2D eigenvalue weighted by Gasteiger charge is 2.10. The van der Waals surface area contributed by atoms with Crippen LogP contribution in [0.5, 0.6) is 0 Å². The minimum Gasteiger partial charge on any atom is -0.436 e. The van der Waals surface area contributed by atoms with Gasteiger partial charge in [0.1, 0.15) is 0 Å². The first kappa shape index (κ1) is 13.9. The fourth-order valence-electron chi connectivity index (χ4n) is 0.752. The van der Waals surface area contributed by atoms with Crippen LogP contribution < -0.4 is 0 Å². The number of terminal acetylenes is 1. The van der Waals surface area contributed by atoms with Gasteiger partial charge in [0, 0.05) is 24.2 Å². The first-order valence-corrected chi connectivity index (χ1v) is 4.99. The van der Waals surface area contributed by atoms with Gasteiger partial charge in [-0.05, 0) is 0 Å². The lowest BCUT2D eigenvalue weighted by molar-refractivity contribution is 0.122. The summed E-state index contributed by atoms with van der Waals surface area (Å²) in [4.78, 5) is 12.8. The van der Waals surface area contributed by atoms with E-state index in [1.807, 2.05) is 0 Å². The maximum Gasteiger partial charge on any atom is 0.411 e. The van der Waals surface area contributed by atoms with Crippen LogP contribution >= 0.6 is 23.2 Å². The molecule has 0 spiro atoms. The van der Waals surface area contributed by atoms with Crippen LogP contribution in [0.25, 0.3) is 0 Å². The lowest BCUT2D eigenvalue weighted by Gasteiger charge is -2.17. The molecule has 0 saturated heterocycles. The van der Waals surface area contributed by atoms with Crippen molar-refractivity contribution in [2.45, 2.75) is 0 Å². The monoisotopic (exact) mass is 247 g/mol. The number of rotatable bonds is 5. The second-order valence-corrected chi connectivity index (χ2v) is 2.89. The second-order valence-electron chi connectivity index (χ2n) is 2.39. The predicted octanol–water partition coefficient (Wildman–Crippen LogP) is 2.56. The van der Waals surface area contributed by atoms with Gasteiger partial charge in [0.05, 0.1) is 0 Å². The molecule has 0 aliphatic carbocycles. The van der Waals surface area contributed by atoms with Crippen LogP contribution in [0.2, 0.25) is 0 Å². The van der Waals surface area contributed by atoms with Gasteiger partial charge in [-0.3, -0.25) is 0 Å². The molecule has 0 aromatic rings. The number of carbonyl (C=O) groups is 1. The molecule has 0 aliphatic heterocycles. The van der Waals surface area contributed by atoms with Crippen LogP contribution in [-0.4, -0.2) is 30.7 Å². The van der Waals surface area contributed by atoms with Gasteiger partial charge in [-0.1, -0.05) is 41.3 Å². The minimum atomic E-state index is -0.502. The molecule has 0 radical (unpaired) electrons. The maximum atomic E-state index is 11.4. The Hall–Kier alpha value is -1.11. The summed E-state index contributed by atoms with van der Waals surface area (Å²) < 4.78 is 4.74. The third kappa shape index (κ3) is 6.89. The summed E-state index contributed by atoms with van der Waals surface area (Å²) in [7, 11) is 0. The topological polar surface area (TPSA) is 29.5 Å². The quantitative estimate of drug-likeness (QED) is 0.700. The van der Waals surface area contributed by atoms with Gasteiger partial charge in [-0.25, -0.2) is 4.79 Å². The molecule has 0 fully saturated rings. The zero-order valence-electron chi connectivity index (χ0n) is 8.03. The van der Waals surface area contributed by atoms with E-state index in [4.69, 9.17) is 34.4 Å². The fourth-order valence-corrected chi connectivity index (χ4v) is 0.912. The van der Waals surface area contributed by atoms with Crippen LogP contribution in [0.15, 0.2) is 23.2 Å². The van der Waals surface area contributed by atoms with Gasteiger partial charge in [-0.15, -0.1) is 6.42 Å². The molecule has 0 unspecified atom stereocenters. The summed E-state index contributed by atoms with van der Waals surface area (Å²) in [6, 6.07) is 0. The van der Waals surface area contributed by atoms with E-state index >= 15 is 0 Å². The Labute approximate surface area is 99.3 Å². The maximum absolute atomic E-state index is 11.4. The third-order valence-corrected chi connectivity index (χ3v) is 1.72. The molecular weight excluding hydrogens is 237 g/mol. The summed E-state index contributed by atoms with van der Waals surface area (Å²) in [5, 5.41) is 0. The van der Waals surface area contributed by atoms with Crippen molar-refractivity contribution < 1.29 is 9.53 Å². The summed E-state index contributed by atoms with van der Waals surface area (Å²) in [5.74, 6) is 2.21. The molecule has 0 atom stereocenters. The molecule has 15 heavy (non-hydrogen) atoms. The summed E-state index contributed by atoms with van der Waals surface area (Å²) in [6.45, 7) is 0.632. The van der Waals surface area contributed by atoms with Gasteiger partial charge in [0.2, 0.25) is 0 Å². The molecule has 1 amide bonds. The molecule has 0 aromatic carbocycles. The lowest BCUT2D eigenvalue weighted by Crippen LogP contribution is -2.32. The normalized spacial score (nSPS) is 10.5. The molecule has 0 rings (SSSR count). The average molecular weight is 248 g/mol. The summed E-state index contributed by atoms with van der Waals surface area (Å²) in [6.07, 6.45) is 7.68. The van der Waals surface area contributed by atoms with Crippen LogP contribution in [0.4, 0.5) is 4.79 Å². The van der Waals surface area contributed by atoms with Crippen LogP contribution in [-0.2, 0) is 4.74 Å². The number of nitrogens with zero attached hydrogens (tertiary/aromatic N) is 1. The number of halogens is 2. The van der Waals surface area contributed by atoms with Crippen molar-refractivity contribution in [1.82, 2.24) is 4.90 Å². The van der Waals surface area contributed by atoms with Crippen molar-refractivity contribution in [2.24, 2.45) is 0 Å². The molecule has 0 aromatic heterocycles. The highest BCUT2D eigenvalue weighted by Crippen LogP contribution is 1.97. The first-order valence-electron chi connectivity index (χ1n) is 4.11. The van der Waals surface area contributed by atoms with Crippen molar-refractivity contribution in [2.75, 3.05) is 19.7 Å². The van der Waals surface area contributed by atoms with Gasteiger partial charge in [0.25, 0.3) is 0 Å². The third-order valence-electron chi connectivity index (χ3n) is 1.37. The molecule has 0 aliphatic rings. The van der Waals surface area contributed by atoms with Gasteiger partial charge < -0.3 is 9.64 Å². The Morgan fingerprint density at radius 2 is 1.87 bits per heavy atom. The van der Waals surface area contributed by atoms with E-state index < -0.39 is 6.09 Å². The van der Waals surface area contributed by atoms with E-state index in [0.717, 1.165) is 0 Å². The number of ether oxygens (including phenoxy) is 1. The molecule has 0 N–H and O–H groups in total. The van der Waals surface area contributed by atoms with Gasteiger partial charge in [0.15, 0.2) is 6.61 Å². The lowest BCUT2D eigenvalue weighted by atomic mass is 10.5. The smallest absolute Gasteiger partial charge is 0.411 e. The zero-order chi connectivity index (χ0) is 11.5. The molecule has 5 heteroatoms. The number of amides is 1. The first-order chi connectivity index (χ1) is 7.26. The molecule has 82 valence electrons. The van der Waals surface area contributed by atoms with Crippen LogP contribution in [0.1, 0.15) is 0 Å². The van der Waals surface area contributed by atoms with E-state index in [1.165, 1.54) is 16.0 Å². The SMILES string of the molecule is C#CCOC(=O)N(CC=CCl)CC=CCl. The molecular formula is C10H11Cl2NO2. The Morgan fingerprint density at radius 3 is 2.27 bits per heavy atom. The highest BCUT2D eigenvalue weighted by molar-refractivity contribution is 6.25. The zero-order valence-corrected chi connectivity index (χ0v) is 9.54. The van der Waals surface area contributed by atoms with Crippen molar-refractivity contribution in [1.29, 1.82) is 0 Å². The van der Waals surface area contributed by atoms with Crippen molar-refractivity contribution in [3.05, 3.63) is 23.2 Å². The Kier molecular flexibility index (Phi) is 8.75. The molecule has 3 nitrogen and oxygen atoms in total. The van der Waals surface area contributed by atoms with E-state index in [0.29, 0.717) is 13.1 Å². The van der Waals surface area contributed by atoms with Crippen molar-refractivity contribution in [3.63, 3.8) is 0 Å². The Bertz CT molecular complexity index is 268. The predicted molar refractivity (Wildman–Crippen MR) is 61.7 cm³/mol. The van der Waals surface area contributed by atoms with Crippen LogP contribution in [0.3, 0.4) is 0 Å². The van der Waals surface area contributed by atoms with E-state index in [2.05, 4.69) is 5.92 Å².